The van der Waals surface area contributed by atoms with Gasteiger partial charge in [0.2, 0.25) is 6.16 Å². The van der Waals surface area contributed by atoms with Crippen LogP contribution in [0.15, 0.2) is 0 Å². The minimum Gasteiger partial charge on any atom is -0.759 e. The van der Waals surface area contributed by atoms with Gasteiger partial charge in [0.15, 0.2) is 0 Å². The Labute approximate surface area is 163 Å². The monoisotopic (exact) mass is 322 g/mol. The third-order valence-corrected chi connectivity index (χ3v) is 0. The van der Waals surface area contributed by atoms with E-state index in [1.165, 1.54) is 0 Å². The van der Waals surface area contributed by atoms with E-state index in [1.807, 2.05) is 0 Å². The Morgan fingerprint density at radius 1 is 0.941 bits per heavy atom. The Kier molecular flexibility index (Phi) is 39.1. The van der Waals surface area contributed by atoms with Crippen molar-refractivity contribution in [2.75, 3.05) is 0 Å². The summed E-state index contributed by atoms with van der Waals surface area (Å²) < 4.78 is 34.1. The maximum Gasteiger partial charge on any atom is 1.00 e. The van der Waals surface area contributed by atoms with Gasteiger partial charge in [-0.2, -0.15) is 0 Å². The van der Waals surface area contributed by atoms with E-state index < -0.39 is 25.6 Å². The summed E-state index contributed by atoms with van der Waals surface area (Å²) in [6.45, 7) is 0. The molecule has 0 saturated heterocycles. The molecule has 5 N–H and O–H groups in total. The summed E-state index contributed by atoms with van der Waals surface area (Å²) in [5.41, 5.74) is 0. The molecule has 17 heavy (non-hydrogen) atoms. The van der Waals surface area contributed by atoms with E-state index in [0.717, 1.165) is 0 Å². The van der Waals surface area contributed by atoms with E-state index in [9.17, 15) is 0 Å². The van der Waals surface area contributed by atoms with E-state index in [4.69, 9.17) is 51.7 Å². The maximum atomic E-state index is 8.52. The molecule has 0 fully saturated rings. The van der Waals surface area contributed by atoms with Crippen molar-refractivity contribution in [3.63, 3.8) is 0 Å². The average Bonchev–Trinajstić information content (AvgIpc) is 1.45. The fourth-order valence-electron chi connectivity index (χ4n) is 0. The Morgan fingerprint density at radius 2 is 0.941 bits per heavy atom. The Bertz CT molecular complexity index is 226. The number of hydrogen-bond donors (Lipinski definition) is 5. The van der Waals surface area contributed by atoms with Gasteiger partial charge in [-0.15, -0.1) is 0 Å². The summed E-state index contributed by atoms with van der Waals surface area (Å²) >= 11 is 0. The molecule has 0 heterocycles. The molecule has 88 valence electrons. The largest absolute Gasteiger partial charge is 1.00 e. The van der Waals surface area contributed by atoms with Gasteiger partial charge in [0.05, 0.1) is 0 Å². The smallest absolute Gasteiger partial charge is 0.759 e. The first-order valence-electron chi connectivity index (χ1n) is 2.19. The minimum atomic E-state index is -5.17. The van der Waals surface area contributed by atoms with Crippen LogP contribution in [0, 0.1) is 0 Å². The van der Waals surface area contributed by atoms with Crippen LogP contribution in [0.4, 0.5) is 4.79 Å². The molecule has 0 aromatic rings. The number of hydrogen-bond acceptors (Lipinski definition) is 10. The molecule has 16 heteroatoms. The van der Waals surface area contributed by atoms with Gasteiger partial charge in [-0.1, -0.05) is 0 Å². The normalized spacial score (nSPS) is 8.35. The summed E-state index contributed by atoms with van der Waals surface area (Å²) in [6.07, 6.45) is -2.08. The molecule has 0 aliphatic heterocycles. The SMILES string of the molecule is O=C([O-])O.O=S(=O)([O-])[O-].O[Si](O)(O)O.[Na+].[Na+].[Na+]. The second-order valence-electron chi connectivity index (χ2n) is 1.27. The van der Waals surface area contributed by atoms with Crippen LogP contribution in [-0.4, -0.2) is 57.0 Å². The van der Waals surface area contributed by atoms with Crippen molar-refractivity contribution in [2.45, 2.75) is 0 Å². The first-order valence-corrected chi connectivity index (χ1v) is 5.32. The van der Waals surface area contributed by atoms with E-state index in [2.05, 4.69) is 0 Å². The Balaban J connectivity index is -0.0000000247. The first kappa shape index (κ1) is 36.5. The summed E-state index contributed by atoms with van der Waals surface area (Å²) in [5, 5.41) is 15.3. The van der Waals surface area contributed by atoms with Gasteiger partial charge in [0.25, 0.3) is 0 Å². The van der Waals surface area contributed by atoms with E-state index in [1.54, 1.807) is 0 Å². The molecular formula is CH5Na3O11SSi. The van der Waals surface area contributed by atoms with Gasteiger partial charge < -0.3 is 43.3 Å². The van der Waals surface area contributed by atoms with Gasteiger partial charge in [0.1, 0.15) is 0 Å². The molecule has 0 aliphatic carbocycles. The van der Waals surface area contributed by atoms with Gasteiger partial charge in [-0.25, -0.2) is 0 Å². The zero-order valence-corrected chi connectivity index (χ0v) is 16.9. The van der Waals surface area contributed by atoms with Crippen LogP contribution < -0.4 is 93.8 Å². The molecule has 0 aromatic heterocycles. The fourth-order valence-corrected chi connectivity index (χ4v) is 0. The predicted octanol–water partition coefficient (Wildman–Crippen LogP) is -14.0. The standard InChI is InChI=1S/CH2O3.3Na.H2O4S.H4O4Si/c2-1(3)4;;;;2*1-5(2,3)4/h(H2,2,3,4);;;;(H2,1,2,3,4);1-4H/q;3*+1;;/p-3. The summed E-state index contributed by atoms with van der Waals surface area (Å²) in [5.74, 6) is 0. The summed E-state index contributed by atoms with van der Waals surface area (Å²) in [4.78, 5) is 37.8. The van der Waals surface area contributed by atoms with Crippen LogP contribution >= 0.6 is 0 Å². The molecule has 0 aliphatic rings. The summed E-state index contributed by atoms with van der Waals surface area (Å²) in [6, 6.07) is 0. The van der Waals surface area contributed by atoms with Gasteiger partial charge >= 0.3 is 97.7 Å². The van der Waals surface area contributed by atoms with Crippen LogP contribution in [0.3, 0.4) is 0 Å². The quantitative estimate of drug-likeness (QED) is 0.160. The van der Waals surface area contributed by atoms with Crippen LogP contribution in [0.25, 0.3) is 0 Å². The average molecular weight is 322 g/mol. The third-order valence-electron chi connectivity index (χ3n) is 0. The second kappa shape index (κ2) is 18.2. The first-order chi connectivity index (χ1) is 5.73. The molecule has 0 rings (SSSR count). The van der Waals surface area contributed by atoms with Crippen molar-refractivity contribution in [2.24, 2.45) is 0 Å². The molecule has 0 aromatic carbocycles. The summed E-state index contributed by atoms with van der Waals surface area (Å²) in [7, 11) is -9.78. The molecule has 0 bridgehead atoms. The minimum absolute atomic E-state index is 0. The number of carbonyl (C=O) groups is 1. The zero-order chi connectivity index (χ0) is 12.6. The van der Waals surface area contributed by atoms with Crippen molar-refractivity contribution < 1.29 is 140 Å². The van der Waals surface area contributed by atoms with Crippen molar-refractivity contribution in [1.82, 2.24) is 0 Å². The van der Waals surface area contributed by atoms with Crippen LogP contribution in [-0.2, 0) is 10.4 Å². The topological polar surface area (TPSA) is 222 Å². The van der Waals surface area contributed by atoms with Gasteiger partial charge in [-0.05, 0) is 0 Å². The van der Waals surface area contributed by atoms with E-state index >= 15 is 0 Å². The van der Waals surface area contributed by atoms with Crippen LogP contribution in [0.2, 0.25) is 0 Å². The molecule has 0 spiro atoms. The van der Waals surface area contributed by atoms with E-state index in [-0.39, 0.29) is 88.7 Å². The molecule has 0 unspecified atom stereocenters. The molecule has 0 amide bonds. The number of carboxylic acid groups (broad SMARTS) is 2. The van der Waals surface area contributed by atoms with Crippen LogP contribution in [0.5, 0.6) is 0 Å². The Hall–Kier alpha value is 2.20. The van der Waals surface area contributed by atoms with Crippen molar-refractivity contribution >= 4 is 25.6 Å². The van der Waals surface area contributed by atoms with Crippen molar-refractivity contribution in [3.05, 3.63) is 0 Å². The molecule has 0 radical (unpaired) electrons. The van der Waals surface area contributed by atoms with Gasteiger partial charge in [0, 0.05) is 10.4 Å². The molecule has 0 saturated carbocycles. The van der Waals surface area contributed by atoms with Crippen LogP contribution in [0.1, 0.15) is 0 Å². The molecular weight excluding hydrogens is 317 g/mol. The third kappa shape index (κ3) is 989. The predicted molar refractivity (Wildman–Crippen MR) is 33.1 cm³/mol. The molecule has 11 nitrogen and oxygen atoms in total. The number of rotatable bonds is 0. The Morgan fingerprint density at radius 3 is 0.941 bits per heavy atom. The fraction of sp³-hybridized carbons (Fsp3) is 0. The second-order valence-corrected chi connectivity index (χ2v) is 3.29. The van der Waals surface area contributed by atoms with Crippen molar-refractivity contribution in [1.29, 1.82) is 0 Å². The zero-order valence-electron chi connectivity index (χ0n) is 9.09. The van der Waals surface area contributed by atoms with E-state index in [0.29, 0.717) is 0 Å². The van der Waals surface area contributed by atoms with Crippen molar-refractivity contribution in [3.8, 4) is 0 Å². The van der Waals surface area contributed by atoms with Gasteiger partial charge in [-0.3, -0.25) is 8.42 Å². The maximum absolute atomic E-state index is 8.52. The molecule has 0 atom stereocenters.